The SMILES string of the molecule is C1CCNC1.CCCC[N+](CCCC)(CCCC)CCCC.[OH-]. The molecule has 0 aliphatic carbocycles. The maximum atomic E-state index is 3.22. The molecule has 2 N–H and O–H groups in total. The highest BCUT2D eigenvalue weighted by atomic mass is 16.0. The maximum Gasteiger partial charge on any atom is 0.0786 e. The van der Waals surface area contributed by atoms with E-state index < -0.39 is 0 Å². The van der Waals surface area contributed by atoms with E-state index in [2.05, 4.69) is 33.0 Å². The van der Waals surface area contributed by atoms with Gasteiger partial charge in [0.05, 0.1) is 26.2 Å². The first-order valence-corrected chi connectivity index (χ1v) is 10.3. The van der Waals surface area contributed by atoms with E-state index in [-0.39, 0.29) is 5.48 Å². The molecule has 23 heavy (non-hydrogen) atoms. The van der Waals surface area contributed by atoms with E-state index in [4.69, 9.17) is 0 Å². The lowest BCUT2D eigenvalue weighted by Gasteiger charge is -2.39. The summed E-state index contributed by atoms with van der Waals surface area (Å²) < 4.78 is 1.42. The molecule has 0 atom stereocenters. The first kappa shape index (κ1) is 25.1. The van der Waals surface area contributed by atoms with Crippen LogP contribution in [0.4, 0.5) is 0 Å². The van der Waals surface area contributed by atoms with Gasteiger partial charge in [-0.25, -0.2) is 0 Å². The Morgan fingerprint density at radius 2 is 0.913 bits per heavy atom. The predicted octanol–water partition coefficient (Wildman–Crippen LogP) is 5.20. The van der Waals surface area contributed by atoms with Crippen LogP contribution in [0.2, 0.25) is 0 Å². The minimum Gasteiger partial charge on any atom is -0.870 e. The summed E-state index contributed by atoms with van der Waals surface area (Å²) in [6.45, 7) is 17.5. The van der Waals surface area contributed by atoms with Gasteiger partial charge in [0.1, 0.15) is 0 Å². The van der Waals surface area contributed by atoms with E-state index in [0.29, 0.717) is 0 Å². The van der Waals surface area contributed by atoms with Crippen molar-refractivity contribution >= 4 is 0 Å². The van der Waals surface area contributed by atoms with Crippen LogP contribution in [0.1, 0.15) is 91.9 Å². The number of quaternary nitrogens is 1. The van der Waals surface area contributed by atoms with Gasteiger partial charge in [0.25, 0.3) is 0 Å². The predicted molar refractivity (Wildman–Crippen MR) is 103 cm³/mol. The second kappa shape index (κ2) is 18.2. The maximum absolute atomic E-state index is 3.22. The van der Waals surface area contributed by atoms with Crippen molar-refractivity contribution in [2.24, 2.45) is 0 Å². The lowest BCUT2D eigenvalue weighted by molar-refractivity contribution is -0.929. The Hall–Kier alpha value is -0.120. The van der Waals surface area contributed by atoms with E-state index >= 15 is 0 Å². The quantitative estimate of drug-likeness (QED) is 0.500. The molecule has 0 aromatic carbocycles. The molecule has 1 aliphatic rings. The van der Waals surface area contributed by atoms with E-state index in [1.54, 1.807) is 0 Å². The molecule has 0 aromatic rings. The molecule has 1 rings (SSSR count). The van der Waals surface area contributed by atoms with Crippen LogP contribution in [0, 0.1) is 0 Å². The molecule has 0 saturated carbocycles. The van der Waals surface area contributed by atoms with Gasteiger partial charge in [0.15, 0.2) is 0 Å². The van der Waals surface area contributed by atoms with Crippen LogP contribution in [0.5, 0.6) is 0 Å². The number of hydrogen-bond acceptors (Lipinski definition) is 2. The molecule has 0 spiro atoms. The van der Waals surface area contributed by atoms with Gasteiger partial charge in [-0.15, -0.1) is 0 Å². The third-order valence-corrected chi connectivity index (χ3v) is 4.90. The van der Waals surface area contributed by atoms with Crippen LogP contribution < -0.4 is 5.32 Å². The Morgan fingerprint density at radius 1 is 0.609 bits per heavy atom. The van der Waals surface area contributed by atoms with E-state index in [9.17, 15) is 0 Å². The number of nitrogens with zero attached hydrogens (tertiary/aromatic N) is 1. The molecule has 0 bridgehead atoms. The minimum atomic E-state index is 0. The first-order chi connectivity index (χ1) is 10.7. The van der Waals surface area contributed by atoms with Gasteiger partial charge in [0, 0.05) is 0 Å². The topological polar surface area (TPSA) is 42.0 Å². The van der Waals surface area contributed by atoms with Gasteiger partial charge in [-0.3, -0.25) is 0 Å². The van der Waals surface area contributed by atoms with Crippen LogP contribution >= 0.6 is 0 Å². The fourth-order valence-electron chi connectivity index (χ4n) is 3.27. The number of nitrogens with one attached hydrogen (secondary N) is 1. The number of hydrogen-bond donors (Lipinski definition) is 1. The molecular weight excluding hydrogens is 284 g/mol. The molecule has 1 saturated heterocycles. The van der Waals surface area contributed by atoms with Crippen molar-refractivity contribution in [3.05, 3.63) is 0 Å². The Balaban J connectivity index is 0. The zero-order chi connectivity index (χ0) is 16.5. The molecule has 3 heteroatoms. The minimum absolute atomic E-state index is 0. The Labute approximate surface area is 147 Å². The summed E-state index contributed by atoms with van der Waals surface area (Å²) in [5, 5.41) is 3.22. The van der Waals surface area contributed by atoms with Crippen LogP contribution in [0.15, 0.2) is 0 Å². The molecule has 0 radical (unpaired) electrons. The van der Waals surface area contributed by atoms with Gasteiger partial charge in [0.2, 0.25) is 0 Å². The Morgan fingerprint density at radius 3 is 1.09 bits per heavy atom. The van der Waals surface area contributed by atoms with Gasteiger partial charge in [-0.05, 0) is 51.6 Å². The fraction of sp³-hybridized carbons (Fsp3) is 1.00. The zero-order valence-corrected chi connectivity index (χ0v) is 16.7. The van der Waals surface area contributed by atoms with Crippen molar-refractivity contribution in [1.82, 2.24) is 5.32 Å². The molecule has 0 amide bonds. The van der Waals surface area contributed by atoms with Crippen molar-refractivity contribution in [1.29, 1.82) is 0 Å². The lowest BCUT2D eigenvalue weighted by Crippen LogP contribution is -2.50. The summed E-state index contributed by atoms with van der Waals surface area (Å²) in [6.07, 6.45) is 13.8. The smallest absolute Gasteiger partial charge is 0.0786 e. The van der Waals surface area contributed by atoms with Crippen molar-refractivity contribution in [3.8, 4) is 0 Å². The van der Waals surface area contributed by atoms with Crippen LogP contribution in [-0.4, -0.2) is 49.2 Å². The highest BCUT2D eigenvalue weighted by molar-refractivity contribution is 4.55. The van der Waals surface area contributed by atoms with Crippen molar-refractivity contribution < 1.29 is 9.96 Å². The molecular formula is C20H46N2O. The summed E-state index contributed by atoms with van der Waals surface area (Å²) in [5.74, 6) is 0. The summed E-state index contributed by atoms with van der Waals surface area (Å²) in [4.78, 5) is 0. The second-order valence-corrected chi connectivity index (χ2v) is 7.11. The van der Waals surface area contributed by atoms with Gasteiger partial charge < -0.3 is 15.3 Å². The first-order valence-electron chi connectivity index (χ1n) is 10.3. The second-order valence-electron chi connectivity index (χ2n) is 7.11. The molecule has 1 aliphatic heterocycles. The Bertz CT molecular complexity index is 173. The van der Waals surface area contributed by atoms with E-state index in [0.717, 1.165) is 0 Å². The van der Waals surface area contributed by atoms with Gasteiger partial charge >= 0.3 is 0 Å². The third-order valence-electron chi connectivity index (χ3n) is 4.90. The highest BCUT2D eigenvalue weighted by Gasteiger charge is 2.24. The van der Waals surface area contributed by atoms with Gasteiger partial charge in [-0.1, -0.05) is 53.4 Å². The zero-order valence-electron chi connectivity index (χ0n) is 16.7. The Kier molecular flexibility index (Phi) is 19.9. The molecule has 1 fully saturated rings. The molecule has 1 heterocycles. The van der Waals surface area contributed by atoms with Crippen LogP contribution in [0.25, 0.3) is 0 Å². The molecule has 142 valence electrons. The monoisotopic (exact) mass is 330 g/mol. The van der Waals surface area contributed by atoms with Crippen LogP contribution in [-0.2, 0) is 0 Å². The normalized spacial score (nSPS) is 14.1. The summed E-state index contributed by atoms with van der Waals surface area (Å²) in [6, 6.07) is 0. The lowest BCUT2D eigenvalue weighted by atomic mass is 10.1. The number of unbranched alkanes of at least 4 members (excludes halogenated alkanes) is 4. The summed E-state index contributed by atoms with van der Waals surface area (Å²) in [7, 11) is 0. The largest absolute Gasteiger partial charge is 0.870 e. The summed E-state index contributed by atoms with van der Waals surface area (Å²) >= 11 is 0. The average Bonchev–Trinajstić information content (AvgIpc) is 3.13. The van der Waals surface area contributed by atoms with E-state index in [1.807, 2.05) is 0 Å². The van der Waals surface area contributed by atoms with Crippen molar-refractivity contribution in [2.75, 3.05) is 39.3 Å². The van der Waals surface area contributed by atoms with Gasteiger partial charge in [-0.2, -0.15) is 0 Å². The molecule has 3 nitrogen and oxygen atoms in total. The fourth-order valence-corrected chi connectivity index (χ4v) is 3.27. The number of rotatable bonds is 12. The van der Waals surface area contributed by atoms with Crippen LogP contribution in [0.3, 0.4) is 0 Å². The standard InChI is InChI=1S/C16H36N.C4H9N.H2O/c1-5-9-13-17(14-10-6-2,15-11-7-3)16-12-8-4;1-2-4-5-3-1;/h5-16H2,1-4H3;5H,1-4H2;1H2/q+1;;/p-1. The highest BCUT2D eigenvalue weighted by Crippen LogP contribution is 2.16. The summed E-state index contributed by atoms with van der Waals surface area (Å²) in [5.41, 5.74) is 0. The van der Waals surface area contributed by atoms with E-state index in [1.165, 1.54) is 108 Å². The molecule has 0 unspecified atom stereocenters. The van der Waals surface area contributed by atoms with Crippen molar-refractivity contribution in [3.63, 3.8) is 0 Å². The van der Waals surface area contributed by atoms with Crippen molar-refractivity contribution in [2.45, 2.75) is 91.9 Å². The third kappa shape index (κ3) is 14.0. The molecule has 0 aromatic heterocycles. The average molecular weight is 331 g/mol.